The normalized spacial score (nSPS) is 16.6. The highest BCUT2D eigenvalue weighted by atomic mass is 16.4. The van der Waals surface area contributed by atoms with Crippen LogP contribution in [0.25, 0.3) is 11.1 Å². The van der Waals surface area contributed by atoms with Crippen LogP contribution in [0.15, 0.2) is 27.4 Å². The maximum Gasteiger partial charge on any atom is 0.419 e. The standard InChI is InChI=1S/C13H15N3O3/c1-15(11(17)13(14)5-6-13)8-3-4-10-9(7-8)16(2)12(18)19-10/h3-4,7H,5-6,14H2,1-2H3. The number of hydrogen-bond donors (Lipinski definition) is 1. The zero-order chi connectivity index (χ0) is 13.8. The molecule has 3 rings (SSSR count). The summed E-state index contributed by atoms with van der Waals surface area (Å²) in [6, 6.07) is 5.19. The van der Waals surface area contributed by atoms with Crippen LogP contribution in [-0.4, -0.2) is 23.1 Å². The molecule has 2 aromatic rings. The van der Waals surface area contributed by atoms with Crippen LogP contribution in [0.4, 0.5) is 5.69 Å². The number of carbonyl (C=O) groups is 1. The van der Waals surface area contributed by atoms with Gasteiger partial charge in [0.25, 0.3) is 0 Å². The summed E-state index contributed by atoms with van der Waals surface area (Å²) in [6.45, 7) is 0. The Morgan fingerprint density at radius 3 is 2.79 bits per heavy atom. The van der Waals surface area contributed by atoms with E-state index in [1.807, 2.05) is 0 Å². The van der Waals surface area contributed by atoms with Gasteiger partial charge in [0.1, 0.15) is 0 Å². The minimum Gasteiger partial charge on any atom is -0.408 e. The van der Waals surface area contributed by atoms with Gasteiger partial charge in [-0.3, -0.25) is 9.36 Å². The van der Waals surface area contributed by atoms with Crippen LogP contribution in [0.1, 0.15) is 12.8 Å². The number of nitrogens with zero attached hydrogens (tertiary/aromatic N) is 2. The molecule has 1 aliphatic carbocycles. The molecule has 19 heavy (non-hydrogen) atoms. The molecule has 100 valence electrons. The van der Waals surface area contributed by atoms with E-state index in [4.69, 9.17) is 10.2 Å². The highest BCUT2D eigenvalue weighted by Crippen LogP contribution is 2.35. The maximum atomic E-state index is 12.2. The average molecular weight is 261 g/mol. The molecule has 0 radical (unpaired) electrons. The van der Waals surface area contributed by atoms with Crippen LogP contribution in [0.3, 0.4) is 0 Å². The van der Waals surface area contributed by atoms with E-state index in [-0.39, 0.29) is 5.91 Å². The van der Waals surface area contributed by atoms with Crippen LogP contribution < -0.4 is 16.4 Å². The first-order valence-electron chi connectivity index (χ1n) is 6.09. The van der Waals surface area contributed by atoms with Crippen molar-refractivity contribution in [2.24, 2.45) is 12.8 Å². The predicted molar refractivity (Wildman–Crippen MR) is 71.0 cm³/mol. The number of hydrogen-bond acceptors (Lipinski definition) is 4. The van der Waals surface area contributed by atoms with Crippen LogP contribution >= 0.6 is 0 Å². The highest BCUT2D eigenvalue weighted by molar-refractivity contribution is 6.02. The van der Waals surface area contributed by atoms with E-state index < -0.39 is 11.3 Å². The first kappa shape index (κ1) is 12.0. The lowest BCUT2D eigenvalue weighted by molar-refractivity contribution is -0.120. The molecule has 1 amide bonds. The summed E-state index contributed by atoms with van der Waals surface area (Å²) in [5, 5.41) is 0. The van der Waals surface area contributed by atoms with Gasteiger partial charge in [0.2, 0.25) is 5.91 Å². The molecule has 6 heteroatoms. The topological polar surface area (TPSA) is 81.5 Å². The summed E-state index contributed by atoms with van der Waals surface area (Å²) in [5.41, 5.74) is 7.07. The van der Waals surface area contributed by atoms with Crippen molar-refractivity contribution in [3.8, 4) is 0 Å². The Morgan fingerprint density at radius 1 is 1.47 bits per heavy atom. The summed E-state index contributed by atoms with van der Waals surface area (Å²) in [4.78, 5) is 25.1. The van der Waals surface area contributed by atoms with E-state index >= 15 is 0 Å². The SMILES string of the molecule is CN(C(=O)C1(N)CC1)c1ccc2oc(=O)n(C)c2c1. The van der Waals surface area contributed by atoms with Crippen molar-refractivity contribution in [3.63, 3.8) is 0 Å². The molecular formula is C13H15N3O3. The molecule has 0 bridgehead atoms. The minimum atomic E-state index is -0.702. The summed E-state index contributed by atoms with van der Waals surface area (Å²) in [5.74, 6) is -0.515. The van der Waals surface area contributed by atoms with Crippen LogP contribution in [0.2, 0.25) is 0 Å². The van der Waals surface area contributed by atoms with Crippen molar-refractivity contribution < 1.29 is 9.21 Å². The Bertz CT molecular complexity index is 724. The van der Waals surface area contributed by atoms with Gasteiger partial charge in [-0.15, -0.1) is 0 Å². The number of benzene rings is 1. The third-order valence-electron chi connectivity index (χ3n) is 3.68. The summed E-state index contributed by atoms with van der Waals surface area (Å²) in [6.07, 6.45) is 1.45. The molecular weight excluding hydrogens is 246 g/mol. The summed E-state index contributed by atoms with van der Waals surface area (Å²) in [7, 11) is 3.32. The van der Waals surface area contributed by atoms with Gasteiger partial charge in [-0.25, -0.2) is 4.79 Å². The Morgan fingerprint density at radius 2 is 2.16 bits per heavy atom. The molecule has 0 spiro atoms. The van der Waals surface area contributed by atoms with E-state index in [9.17, 15) is 9.59 Å². The quantitative estimate of drug-likeness (QED) is 0.857. The van der Waals surface area contributed by atoms with Crippen molar-refractivity contribution in [2.75, 3.05) is 11.9 Å². The van der Waals surface area contributed by atoms with Gasteiger partial charge in [-0.2, -0.15) is 0 Å². The van der Waals surface area contributed by atoms with Crippen LogP contribution in [0, 0.1) is 0 Å². The van der Waals surface area contributed by atoms with Gasteiger partial charge in [0.05, 0.1) is 11.1 Å². The lowest BCUT2D eigenvalue weighted by Crippen LogP contribution is -2.43. The number of oxazole rings is 1. The molecule has 1 aromatic carbocycles. The zero-order valence-electron chi connectivity index (χ0n) is 10.8. The molecule has 1 fully saturated rings. The summed E-state index contributed by atoms with van der Waals surface area (Å²) < 4.78 is 6.46. The molecule has 0 saturated heterocycles. The van der Waals surface area contributed by atoms with Crippen LogP contribution in [-0.2, 0) is 11.8 Å². The molecule has 0 atom stereocenters. The zero-order valence-corrected chi connectivity index (χ0v) is 10.8. The molecule has 1 aliphatic rings. The molecule has 1 saturated carbocycles. The molecule has 1 aromatic heterocycles. The number of anilines is 1. The smallest absolute Gasteiger partial charge is 0.408 e. The molecule has 2 N–H and O–H groups in total. The van der Waals surface area contributed by atoms with Crippen molar-refractivity contribution in [2.45, 2.75) is 18.4 Å². The van der Waals surface area contributed by atoms with Crippen molar-refractivity contribution >= 4 is 22.7 Å². The second-order valence-corrected chi connectivity index (χ2v) is 5.10. The lowest BCUT2D eigenvalue weighted by Gasteiger charge is -2.21. The fourth-order valence-corrected chi connectivity index (χ4v) is 2.12. The van der Waals surface area contributed by atoms with Crippen molar-refractivity contribution in [3.05, 3.63) is 28.7 Å². The maximum absolute atomic E-state index is 12.2. The lowest BCUT2D eigenvalue weighted by atomic mass is 10.2. The second-order valence-electron chi connectivity index (χ2n) is 5.10. The second kappa shape index (κ2) is 3.71. The highest BCUT2D eigenvalue weighted by Gasteiger charge is 2.47. The molecule has 0 unspecified atom stereocenters. The Kier molecular flexibility index (Phi) is 2.34. The number of rotatable bonds is 2. The number of likely N-dealkylation sites (N-methyl/N-ethyl adjacent to an activating group) is 1. The largest absolute Gasteiger partial charge is 0.419 e. The minimum absolute atomic E-state index is 0.0969. The third kappa shape index (κ3) is 1.76. The molecule has 0 aliphatic heterocycles. The monoisotopic (exact) mass is 261 g/mol. The van der Waals surface area contributed by atoms with E-state index in [2.05, 4.69) is 0 Å². The van der Waals surface area contributed by atoms with Gasteiger partial charge < -0.3 is 15.1 Å². The number of nitrogens with two attached hydrogens (primary N) is 1. The van der Waals surface area contributed by atoms with E-state index in [1.54, 1.807) is 32.3 Å². The predicted octanol–water partition coefficient (Wildman–Crippen LogP) is 0.586. The fourth-order valence-electron chi connectivity index (χ4n) is 2.12. The first-order valence-corrected chi connectivity index (χ1v) is 6.09. The van der Waals surface area contributed by atoms with Gasteiger partial charge in [0, 0.05) is 19.8 Å². The average Bonchev–Trinajstić information content (AvgIpc) is 3.09. The number of fused-ring (bicyclic) bond motifs is 1. The van der Waals surface area contributed by atoms with Crippen molar-refractivity contribution in [1.82, 2.24) is 4.57 Å². The van der Waals surface area contributed by atoms with Gasteiger partial charge >= 0.3 is 5.76 Å². The first-order chi connectivity index (χ1) is 8.92. The van der Waals surface area contributed by atoms with Gasteiger partial charge in [-0.05, 0) is 31.0 Å². The number of carbonyl (C=O) groups excluding carboxylic acids is 1. The summed E-state index contributed by atoms with van der Waals surface area (Å²) >= 11 is 0. The molecule has 1 heterocycles. The number of aromatic nitrogens is 1. The Labute approximate surface area is 109 Å². The fraction of sp³-hybridized carbons (Fsp3) is 0.385. The van der Waals surface area contributed by atoms with Crippen molar-refractivity contribution in [1.29, 1.82) is 0 Å². The van der Waals surface area contributed by atoms with E-state index in [0.717, 1.165) is 12.8 Å². The Hall–Kier alpha value is -2.08. The molecule has 6 nitrogen and oxygen atoms in total. The van der Waals surface area contributed by atoms with Gasteiger partial charge in [0.15, 0.2) is 5.58 Å². The number of aryl methyl sites for hydroxylation is 1. The number of amides is 1. The van der Waals surface area contributed by atoms with Gasteiger partial charge in [-0.1, -0.05) is 0 Å². The van der Waals surface area contributed by atoms with Crippen LogP contribution in [0.5, 0.6) is 0 Å². The third-order valence-corrected chi connectivity index (χ3v) is 3.68. The van der Waals surface area contributed by atoms with E-state index in [1.165, 1.54) is 9.47 Å². The Balaban J connectivity index is 2.03. The van der Waals surface area contributed by atoms with E-state index in [0.29, 0.717) is 16.8 Å².